The number of fused-ring (bicyclic) bond motifs is 1. The zero-order valence-corrected chi connectivity index (χ0v) is 17.3. The van der Waals surface area contributed by atoms with Gasteiger partial charge in [-0.1, -0.05) is 49.7 Å². The van der Waals surface area contributed by atoms with Crippen LogP contribution in [0.15, 0.2) is 72.8 Å². The van der Waals surface area contributed by atoms with Crippen LogP contribution in [-0.4, -0.2) is 17.5 Å². The molecule has 0 aliphatic heterocycles. The van der Waals surface area contributed by atoms with Gasteiger partial charge in [-0.15, -0.1) is 0 Å². The van der Waals surface area contributed by atoms with Gasteiger partial charge in [0.25, 0.3) is 0 Å². The van der Waals surface area contributed by atoms with Gasteiger partial charge in [-0.05, 0) is 53.9 Å². The highest BCUT2D eigenvalue weighted by molar-refractivity contribution is 6.06. The zero-order chi connectivity index (χ0) is 21.8. The molecule has 4 rings (SSSR count). The van der Waals surface area contributed by atoms with Crippen molar-refractivity contribution in [1.82, 2.24) is 4.98 Å². The number of amides is 1. The van der Waals surface area contributed by atoms with E-state index >= 15 is 0 Å². The first-order valence-corrected chi connectivity index (χ1v) is 10.3. The monoisotopic (exact) mass is 414 g/mol. The van der Waals surface area contributed by atoms with Crippen LogP contribution in [0, 0.1) is 5.82 Å². The summed E-state index contributed by atoms with van der Waals surface area (Å²) >= 11 is 0. The normalized spacial score (nSPS) is 10.9. The lowest BCUT2D eigenvalue weighted by molar-refractivity contribution is 0.100. The second-order valence-corrected chi connectivity index (χ2v) is 7.39. The Balaban J connectivity index is 1.66. The van der Waals surface area contributed by atoms with Crippen LogP contribution in [0.4, 0.5) is 4.39 Å². The molecule has 0 atom stereocenters. The molecule has 0 saturated heterocycles. The maximum Gasteiger partial charge on any atom is 0.249 e. The highest BCUT2D eigenvalue weighted by atomic mass is 19.1. The molecule has 1 amide bonds. The quantitative estimate of drug-likeness (QED) is 0.378. The summed E-state index contributed by atoms with van der Waals surface area (Å²) in [6.45, 7) is 2.84. The van der Waals surface area contributed by atoms with Crippen molar-refractivity contribution in [3.63, 3.8) is 0 Å². The standard InChI is InChI=1S/C26H23FN2O2/c1-2-3-13-31-21-6-4-5-19(14-21)17-7-9-18(10-8-17)25-16-23(26(28)30)22-15-20(27)11-12-24(22)29-25/h4-12,14-16H,2-3,13H2,1H3,(H2,28,30). The number of nitrogens with two attached hydrogens (primary N) is 1. The zero-order valence-electron chi connectivity index (χ0n) is 17.3. The number of rotatable bonds is 7. The molecule has 0 fully saturated rings. The SMILES string of the molecule is CCCCOc1cccc(-c2ccc(-c3cc(C(N)=O)c4cc(F)ccc4n3)cc2)c1. The Morgan fingerprint density at radius 3 is 2.48 bits per heavy atom. The predicted molar refractivity (Wildman–Crippen MR) is 121 cm³/mol. The average Bonchev–Trinajstić information content (AvgIpc) is 2.79. The maximum atomic E-state index is 13.6. The molecule has 0 aliphatic rings. The molecule has 0 saturated carbocycles. The van der Waals surface area contributed by atoms with E-state index in [4.69, 9.17) is 10.5 Å². The van der Waals surface area contributed by atoms with Gasteiger partial charge in [0.2, 0.25) is 5.91 Å². The highest BCUT2D eigenvalue weighted by Gasteiger charge is 2.13. The maximum absolute atomic E-state index is 13.6. The Bertz CT molecular complexity index is 1240. The van der Waals surface area contributed by atoms with E-state index < -0.39 is 11.7 Å². The fraction of sp³-hybridized carbons (Fsp3) is 0.154. The van der Waals surface area contributed by atoms with Crippen molar-refractivity contribution >= 4 is 16.8 Å². The van der Waals surface area contributed by atoms with Gasteiger partial charge in [0.1, 0.15) is 11.6 Å². The summed E-state index contributed by atoms with van der Waals surface area (Å²) < 4.78 is 19.4. The van der Waals surface area contributed by atoms with Crippen LogP contribution in [0.3, 0.4) is 0 Å². The minimum Gasteiger partial charge on any atom is -0.494 e. The summed E-state index contributed by atoms with van der Waals surface area (Å²) in [7, 11) is 0. The van der Waals surface area contributed by atoms with Crippen LogP contribution in [-0.2, 0) is 0 Å². The number of unbranched alkanes of at least 4 members (excludes halogenated alkanes) is 1. The Morgan fingerprint density at radius 1 is 0.968 bits per heavy atom. The summed E-state index contributed by atoms with van der Waals surface area (Å²) in [5.41, 5.74) is 9.85. The van der Waals surface area contributed by atoms with E-state index in [1.807, 2.05) is 48.5 Å². The van der Waals surface area contributed by atoms with Gasteiger partial charge in [0.15, 0.2) is 0 Å². The van der Waals surface area contributed by atoms with Gasteiger partial charge in [0.05, 0.1) is 23.4 Å². The summed E-state index contributed by atoms with van der Waals surface area (Å²) in [5.74, 6) is -0.199. The van der Waals surface area contributed by atoms with Gasteiger partial charge < -0.3 is 10.5 Å². The third kappa shape index (κ3) is 4.56. The van der Waals surface area contributed by atoms with Crippen LogP contribution < -0.4 is 10.5 Å². The van der Waals surface area contributed by atoms with Crippen molar-refractivity contribution in [2.24, 2.45) is 5.73 Å². The minimum atomic E-state index is -0.615. The molecule has 0 aliphatic carbocycles. The molecule has 0 radical (unpaired) electrons. The lowest BCUT2D eigenvalue weighted by Gasteiger charge is -2.10. The van der Waals surface area contributed by atoms with Crippen molar-refractivity contribution in [2.75, 3.05) is 6.61 Å². The van der Waals surface area contributed by atoms with Crippen molar-refractivity contribution in [1.29, 1.82) is 0 Å². The molecule has 0 bridgehead atoms. The van der Waals surface area contributed by atoms with Crippen LogP contribution in [0.5, 0.6) is 5.75 Å². The van der Waals surface area contributed by atoms with Gasteiger partial charge in [-0.2, -0.15) is 0 Å². The van der Waals surface area contributed by atoms with E-state index in [1.165, 1.54) is 12.1 Å². The van der Waals surface area contributed by atoms with E-state index in [0.717, 1.165) is 35.3 Å². The molecule has 0 spiro atoms. The minimum absolute atomic E-state index is 0.250. The highest BCUT2D eigenvalue weighted by Crippen LogP contribution is 2.29. The molecule has 3 aromatic carbocycles. The van der Waals surface area contributed by atoms with Crippen molar-refractivity contribution in [2.45, 2.75) is 19.8 Å². The van der Waals surface area contributed by atoms with Crippen molar-refractivity contribution in [3.05, 3.63) is 84.2 Å². The Hall–Kier alpha value is -3.73. The third-order valence-corrected chi connectivity index (χ3v) is 5.15. The molecule has 4 aromatic rings. The number of hydrogen-bond donors (Lipinski definition) is 1. The summed E-state index contributed by atoms with van der Waals surface area (Å²) in [6, 6.07) is 21.7. The van der Waals surface area contributed by atoms with Crippen LogP contribution in [0.2, 0.25) is 0 Å². The van der Waals surface area contributed by atoms with Crippen molar-refractivity contribution in [3.8, 4) is 28.1 Å². The molecular weight excluding hydrogens is 391 g/mol. The number of carbonyl (C=O) groups excluding carboxylic acids is 1. The predicted octanol–water partition coefficient (Wildman–Crippen LogP) is 5.99. The van der Waals surface area contributed by atoms with Gasteiger partial charge in [-0.25, -0.2) is 9.37 Å². The fourth-order valence-corrected chi connectivity index (χ4v) is 3.48. The van der Waals surface area contributed by atoms with E-state index in [9.17, 15) is 9.18 Å². The number of hydrogen-bond acceptors (Lipinski definition) is 3. The number of nitrogens with zero attached hydrogens (tertiary/aromatic N) is 1. The van der Waals surface area contributed by atoms with E-state index in [1.54, 1.807) is 12.1 Å². The topological polar surface area (TPSA) is 65.2 Å². The Labute approximate surface area is 180 Å². The molecular formula is C26H23FN2O2. The average molecular weight is 414 g/mol. The summed E-state index contributed by atoms with van der Waals surface area (Å²) in [4.78, 5) is 16.5. The second kappa shape index (κ2) is 8.96. The van der Waals surface area contributed by atoms with Crippen LogP contribution >= 0.6 is 0 Å². The number of halogens is 1. The number of pyridine rings is 1. The van der Waals surface area contributed by atoms with Crippen LogP contribution in [0.1, 0.15) is 30.1 Å². The van der Waals surface area contributed by atoms with Gasteiger partial charge >= 0.3 is 0 Å². The first-order valence-electron chi connectivity index (χ1n) is 10.3. The van der Waals surface area contributed by atoms with Crippen LogP contribution in [0.25, 0.3) is 33.3 Å². The number of carbonyl (C=O) groups is 1. The number of benzene rings is 3. The summed E-state index contributed by atoms with van der Waals surface area (Å²) in [6.07, 6.45) is 2.12. The lowest BCUT2D eigenvalue weighted by atomic mass is 10.0. The second-order valence-electron chi connectivity index (χ2n) is 7.39. The Kier molecular flexibility index (Phi) is 5.94. The lowest BCUT2D eigenvalue weighted by Crippen LogP contribution is -2.12. The van der Waals surface area contributed by atoms with E-state index in [0.29, 0.717) is 23.2 Å². The number of ether oxygens (including phenoxy) is 1. The Morgan fingerprint density at radius 2 is 1.74 bits per heavy atom. The van der Waals surface area contributed by atoms with E-state index in [-0.39, 0.29) is 5.56 Å². The first-order chi connectivity index (χ1) is 15.0. The smallest absolute Gasteiger partial charge is 0.249 e. The molecule has 1 aromatic heterocycles. The number of primary amides is 1. The number of aromatic nitrogens is 1. The largest absolute Gasteiger partial charge is 0.494 e. The first kappa shape index (κ1) is 20.5. The molecule has 0 unspecified atom stereocenters. The third-order valence-electron chi connectivity index (χ3n) is 5.15. The van der Waals surface area contributed by atoms with Gasteiger partial charge in [-0.3, -0.25) is 4.79 Å². The van der Waals surface area contributed by atoms with Crippen molar-refractivity contribution < 1.29 is 13.9 Å². The molecule has 156 valence electrons. The molecule has 31 heavy (non-hydrogen) atoms. The van der Waals surface area contributed by atoms with Gasteiger partial charge in [0, 0.05) is 10.9 Å². The molecule has 4 nitrogen and oxygen atoms in total. The fourth-order valence-electron chi connectivity index (χ4n) is 3.48. The molecule has 2 N–H and O–H groups in total. The summed E-state index contributed by atoms with van der Waals surface area (Å²) in [5, 5.41) is 0.410. The molecule has 1 heterocycles. The molecule has 5 heteroatoms. The van der Waals surface area contributed by atoms with E-state index in [2.05, 4.69) is 11.9 Å².